The molecule has 0 atom stereocenters. The van der Waals surface area contributed by atoms with E-state index in [9.17, 15) is 0 Å². The lowest BCUT2D eigenvalue weighted by Crippen LogP contribution is -2.33. The fourth-order valence-corrected chi connectivity index (χ4v) is 4.51. The minimum absolute atomic E-state index is 0.568. The van der Waals surface area contributed by atoms with E-state index in [-0.39, 0.29) is 0 Å². The number of nitrogens with zero attached hydrogens (tertiary/aromatic N) is 6. The van der Waals surface area contributed by atoms with E-state index in [0.717, 1.165) is 49.6 Å². The molecule has 1 saturated heterocycles. The number of fused-ring (bicyclic) bond motifs is 1. The number of rotatable bonds is 8. The summed E-state index contributed by atoms with van der Waals surface area (Å²) in [5.41, 5.74) is 3.34. The van der Waals surface area contributed by atoms with Gasteiger partial charge in [-0.2, -0.15) is 4.52 Å². The van der Waals surface area contributed by atoms with Crippen LogP contribution in [0.5, 0.6) is 0 Å². The quantitative estimate of drug-likeness (QED) is 0.407. The molecular formula is C25H30N6O2. The summed E-state index contributed by atoms with van der Waals surface area (Å²) in [5, 5.41) is 4.74. The number of piperidine rings is 1. The van der Waals surface area contributed by atoms with Gasteiger partial charge in [-0.15, -0.1) is 5.10 Å². The molecule has 5 rings (SSSR count). The van der Waals surface area contributed by atoms with Gasteiger partial charge in [0.2, 0.25) is 11.8 Å². The van der Waals surface area contributed by atoms with Crippen LogP contribution < -0.4 is 4.90 Å². The molecule has 1 fully saturated rings. The van der Waals surface area contributed by atoms with Gasteiger partial charge in [0.25, 0.3) is 0 Å². The lowest BCUT2D eigenvalue weighted by atomic mass is 9.89. The van der Waals surface area contributed by atoms with E-state index in [1.54, 1.807) is 13.4 Å². The van der Waals surface area contributed by atoms with Crippen molar-refractivity contribution in [2.45, 2.75) is 25.3 Å². The minimum atomic E-state index is 0.568. The summed E-state index contributed by atoms with van der Waals surface area (Å²) < 4.78 is 12.6. The maximum Gasteiger partial charge on any atom is 0.228 e. The largest absolute Gasteiger partial charge is 0.461 e. The third-order valence-corrected chi connectivity index (χ3v) is 6.39. The topological polar surface area (TPSA) is 71.9 Å². The van der Waals surface area contributed by atoms with Crippen LogP contribution in [0.3, 0.4) is 0 Å². The Hall–Kier alpha value is -3.23. The molecule has 1 aliphatic heterocycles. The highest BCUT2D eigenvalue weighted by molar-refractivity contribution is 5.58. The Morgan fingerprint density at radius 2 is 1.94 bits per heavy atom. The summed E-state index contributed by atoms with van der Waals surface area (Å²) in [6.45, 7) is 4.23. The van der Waals surface area contributed by atoms with Gasteiger partial charge in [0, 0.05) is 39.0 Å². The summed E-state index contributed by atoms with van der Waals surface area (Å²) in [6, 6.07) is 14.6. The highest BCUT2D eigenvalue weighted by Gasteiger charge is 2.23. The Kier molecular flexibility index (Phi) is 6.37. The second kappa shape index (κ2) is 9.72. The van der Waals surface area contributed by atoms with Crippen LogP contribution in [0.15, 0.2) is 59.3 Å². The van der Waals surface area contributed by atoms with Gasteiger partial charge >= 0.3 is 0 Å². The molecule has 172 valence electrons. The predicted octanol–water partition coefficient (Wildman–Crippen LogP) is 3.85. The summed E-state index contributed by atoms with van der Waals surface area (Å²) in [6.07, 6.45) is 5.91. The molecule has 8 heteroatoms. The maximum atomic E-state index is 5.56. The van der Waals surface area contributed by atoms with Crippen molar-refractivity contribution in [3.05, 3.63) is 66.1 Å². The van der Waals surface area contributed by atoms with Crippen molar-refractivity contribution < 1.29 is 9.15 Å². The van der Waals surface area contributed by atoms with Crippen LogP contribution in [0.4, 0.5) is 5.95 Å². The third kappa shape index (κ3) is 4.62. The van der Waals surface area contributed by atoms with E-state index < -0.39 is 0 Å². The average Bonchev–Trinajstić information content (AvgIpc) is 3.54. The Bertz CT molecular complexity index is 1170. The van der Waals surface area contributed by atoms with Crippen molar-refractivity contribution in [1.29, 1.82) is 0 Å². The van der Waals surface area contributed by atoms with Gasteiger partial charge in [-0.25, -0.2) is 9.97 Å². The monoisotopic (exact) mass is 446 g/mol. The predicted molar refractivity (Wildman–Crippen MR) is 127 cm³/mol. The first-order valence-corrected chi connectivity index (χ1v) is 11.5. The molecule has 1 aliphatic rings. The second-order valence-corrected chi connectivity index (χ2v) is 8.61. The maximum absolute atomic E-state index is 5.56. The molecule has 0 unspecified atom stereocenters. The highest BCUT2D eigenvalue weighted by Crippen LogP contribution is 2.29. The van der Waals surface area contributed by atoms with Gasteiger partial charge in [0.1, 0.15) is 0 Å². The van der Waals surface area contributed by atoms with E-state index in [1.807, 2.05) is 34.8 Å². The Labute approximate surface area is 193 Å². The van der Waals surface area contributed by atoms with Crippen LogP contribution in [0.2, 0.25) is 0 Å². The van der Waals surface area contributed by atoms with Gasteiger partial charge in [0.15, 0.2) is 11.4 Å². The van der Waals surface area contributed by atoms with Gasteiger partial charge in [0.05, 0.1) is 12.9 Å². The molecule has 33 heavy (non-hydrogen) atoms. The van der Waals surface area contributed by atoms with Crippen molar-refractivity contribution in [2.75, 3.05) is 45.3 Å². The molecule has 1 aromatic carbocycles. The average molecular weight is 447 g/mol. The molecule has 3 aromatic heterocycles. The Morgan fingerprint density at radius 3 is 2.67 bits per heavy atom. The fourth-order valence-electron chi connectivity index (χ4n) is 4.51. The van der Waals surface area contributed by atoms with E-state index in [4.69, 9.17) is 24.2 Å². The number of anilines is 1. The normalized spacial score (nSPS) is 15.3. The van der Waals surface area contributed by atoms with Gasteiger partial charge in [-0.1, -0.05) is 30.3 Å². The number of ether oxygens (including phenoxy) is 1. The zero-order valence-electron chi connectivity index (χ0n) is 19.2. The lowest BCUT2D eigenvalue weighted by molar-refractivity contribution is 0.204. The third-order valence-electron chi connectivity index (χ3n) is 6.39. The zero-order chi connectivity index (χ0) is 22.6. The molecule has 8 nitrogen and oxygen atoms in total. The number of methoxy groups -OCH3 is 1. The number of likely N-dealkylation sites (N-methyl/N-ethyl adjacent to an activating group) is 1. The van der Waals surface area contributed by atoms with Crippen molar-refractivity contribution >= 4 is 11.6 Å². The summed E-state index contributed by atoms with van der Waals surface area (Å²) >= 11 is 0. The Morgan fingerprint density at radius 1 is 1.12 bits per heavy atom. The smallest absolute Gasteiger partial charge is 0.228 e. The first-order valence-electron chi connectivity index (χ1n) is 11.5. The molecular weight excluding hydrogens is 416 g/mol. The molecule has 4 heterocycles. The zero-order valence-corrected chi connectivity index (χ0v) is 19.2. The first kappa shape index (κ1) is 21.6. The number of hydrogen-bond acceptors (Lipinski definition) is 7. The molecule has 0 amide bonds. The number of likely N-dealkylation sites (tertiary alicyclic amines) is 1. The van der Waals surface area contributed by atoms with Crippen molar-refractivity contribution in [1.82, 2.24) is 24.5 Å². The van der Waals surface area contributed by atoms with Gasteiger partial charge in [-0.3, -0.25) is 4.90 Å². The van der Waals surface area contributed by atoms with Crippen LogP contribution in [0.25, 0.3) is 17.2 Å². The van der Waals surface area contributed by atoms with Crippen molar-refractivity contribution in [3.8, 4) is 11.6 Å². The van der Waals surface area contributed by atoms with Crippen molar-refractivity contribution in [3.63, 3.8) is 0 Å². The van der Waals surface area contributed by atoms with Gasteiger partial charge in [-0.05, 0) is 49.5 Å². The standard InChI is InChI=1S/C25H30N6O2/c1-29(14-16-32-2)25-26-17-21(24-27-23(28-31(24)25)22-9-6-15-33-22)18-30-12-10-20(11-13-30)19-7-4-3-5-8-19/h3-9,15,17,20H,10-14,16,18H2,1-2H3. The number of hydrogen-bond donors (Lipinski definition) is 0. The molecule has 0 saturated carbocycles. The van der Waals surface area contributed by atoms with Crippen LogP contribution >= 0.6 is 0 Å². The molecule has 0 bridgehead atoms. The fraction of sp³-hybridized carbons (Fsp3) is 0.400. The number of benzene rings is 1. The second-order valence-electron chi connectivity index (χ2n) is 8.61. The van der Waals surface area contributed by atoms with Crippen molar-refractivity contribution in [2.24, 2.45) is 0 Å². The number of aromatic nitrogens is 4. The molecule has 0 spiro atoms. The van der Waals surface area contributed by atoms with E-state index in [0.29, 0.717) is 30.7 Å². The van der Waals surface area contributed by atoms with Crippen LogP contribution in [0.1, 0.15) is 29.9 Å². The lowest BCUT2D eigenvalue weighted by Gasteiger charge is -2.32. The molecule has 4 aromatic rings. The minimum Gasteiger partial charge on any atom is -0.461 e. The van der Waals surface area contributed by atoms with Crippen LogP contribution in [-0.4, -0.2) is 64.9 Å². The highest BCUT2D eigenvalue weighted by atomic mass is 16.5. The summed E-state index contributed by atoms with van der Waals surface area (Å²) in [5.74, 6) is 2.59. The first-order chi connectivity index (χ1) is 16.2. The summed E-state index contributed by atoms with van der Waals surface area (Å²) in [4.78, 5) is 14.1. The van der Waals surface area contributed by atoms with Crippen LogP contribution in [0, 0.1) is 0 Å². The Balaban J connectivity index is 1.39. The van der Waals surface area contributed by atoms with Crippen LogP contribution in [-0.2, 0) is 11.3 Å². The molecule has 0 radical (unpaired) electrons. The van der Waals surface area contributed by atoms with Gasteiger partial charge < -0.3 is 14.1 Å². The van der Waals surface area contributed by atoms with E-state index in [2.05, 4.69) is 35.2 Å². The number of furan rings is 1. The molecule has 0 aliphatic carbocycles. The molecule has 0 N–H and O–H groups in total. The van der Waals surface area contributed by atoms with E-state index >= 15 is 0 Å². The summed E-state index contributed by atoms with van der Waals surface area (Å²) in [7, 11) is 3.69. The van der Waals surface area contributed by atoms with E-state index in [1.165, 1.54) is 5.56 Å². The SMILES string of the molecule is COCCN(C)c1ncc(CN2CCC(c3ccccc3)CC2)c2nc(-c3ccco3)nn12.